The third kappa shape index (κ3) is 4.60. The summed E-state index contributed by atoms with van der Waals surface area (Å²) >= 11 is 9.02. The first-order valence-corrected chi connectivity index (χ1v) is 10.1. The van der Waals surface area contributed by atoms with Crippen LogP contribution in [-0.4, -0.2) is 20.6 Å². The van der Waals surface area contributed by atoms with E-state index in [-0.39, 0.29) is 24.2 Å². The second-order valence-electron chi connectivity index (χ2n) is 6.48. The molecule has 1 amide bonds. The average molecular weight is 490 g/mol. The van der Waals surface area contributed by atoms with Crippen LogP contribution in [0.25, 0.3) is 23.0 Å². The molecule has 0 aliphatic carbocycles. The molecule has 2 aromatic carbocycles. The lowest BCUT2D eigenvalue weighted by Crippen LogP contribution is -2.27. The molecule has 30 heavy (non-hydrogen) atoms. The minimum atomic E-state index is -0.374. The van der Waals surface area contributed by atoms with E-state index >= 15 is 0 Å². The number of hydrogen-bond acceptors (Lipinski definition) is 4. The predicted molar refractivity (Wildman–Crippen MR) is 114 cm³/mol. The summed E-state index contributed by atoms with van der Waals surface area (Å²) in [6, 6.07) is 15.3. The van der Waals surface area contributed by atoms with Crippen molar-refractivity contribution in [2.45, 2.75) is 13.1 Å². The molecule has 0 atom stereocenters. The highest BCUT2D eigenvalue weighted by Gasteiger charge is 2.16. The minimum Gasteiger partial charge on any atom is -0.350 e. The largest absolute Gasteiger partial charge is 0.350 e. The molecular weight excluding hydrogens is 475 g/mol. The van der Waals surface area contributed by atoms with Gasteiger partial charge in [0.05, 0.1) is 4.47 Å². The van der Waals surface area contributed by atoms with Gasteiger partial charge in [0.15, 0.2) is 0 Å². The molecule has 1 N–H and O–H groups in total. The Balaban J connectivity index is 1.45. The standard InChI is InChI=1S/C21H15BrClFN4O2/c22-16-10-14(5-8-17(16)24)20-26-21(30-27-20)18-2-1-9-28(18)12-19(29)25-11-13-3-6-15(23)7-4-13/h1-10H,11-12H2,(H,25,29). The van der Waals surface area contributed by atoms with Crippen LogP contribution in [0.1, 0.15) is 5.56 Å². The van der Waals surface area contributed by atoms with Crippen LogP contribution in [0.5, 0.6) is 0 Å². The van der Waals surface area contributed by atoms with Crippen molar-refractivity contribution in [1.29, 1.82) is 0 Å². The fourth-order valence-corrected chi connectivity index (χ4v) is 3.34. The third-order valence-electron chi connectivity index (χ3n) is 4.37. The normalized spacial score (nSPS) is 10.9. The van der Waals surface area contributed by atoms with Gasteiger partial charge in [-0.3, -0.25) is 4.79 Å². The van der Waals surface area contributed by atoms with Gasteiger partial charge in [-0.25, -0.2) is 4.39 Å². The number of aromatic nitrogens is 3. The first-order valence-electron chi connectivity index (χ1n) is 8.95. The molecule has 9 heteroatoms. The Kier molecular flexibility index (Phi) is 5.96. The van der Waals surface area contributed by atoms with Crippen LogP contribution in [0.2, 0.25) is 5.02 Å². The zero-order valence-electron chi connectivity index (χ0n) is 15.5. The van der Waals surface area contributed by atoms with Crippen molar-refractivity contribution in [2.75, 3.05) is 0 Å². The topological polar surface area (TPSA) is 73.0 Å². The Hall–Kier alpha value is -2.97. The summed E-state index contributed by atoms with van der Waals surface area (Å²) in [5.41, 5.74) is 2.17. The second-order valence-corrected chi connectivity index (χ2v) is 7.77. The molecule has 0 saturated heterocycles. The Labute approximate surface area is 184 Å². The summed E-state index contributed by atoms with van der Waals surface area (Å²) in [7, 11) is 0. The smallest absolute Gasteiger partial charge is 0.274 e. The van der Waals surface area contributed by atoms with Crippen LogP contribution in [-0.2, 0) is 17.9 Å². The summed E-state index contributed by atoms with van der Waals surface area (Å²) in [6.45, 7) is 0.493. The number of halogens is 3. The Morgan fingerprint density at radius 2 is 2.00 bits per heavy atom. The molecule has 0 bridgehead atoms. The Morgan fingerprint density at radius 3 is 2.77 bits per heavy atom. The lowest BCUT2D eigenvalue weighted by Gasteiger charge is -2.08. The molecule has 0 fully saturated rings. The van der Waals surface area contributed by atoms with Gasteiger partial charge in [-0.15, -0.1) is 0 Å². The zero-order valence-corrected chi connectivity index (χ0v) is 17.8. The van der Waals surface area contributed by atoms with Crippen LogP contribution in [0.4, 0.5) is 4.39 Å². The third-order valence-corrected chi connectivity index (χ3v) is 5.23. The molecule has 0 aliphatic rings. The van der Waals surface area contributed by atoms with Crippen LogP contribution in [0.15, 0.2) is 69.8 Å². The van der Waals surface area contributed by atoms with Crippen molar-refractivity contribution in [3.63, 3.8) is 0 Å². The summed E-state index contributed by atoms with van der Waals surface area (Å²) in [5, 5.41) is 7.48. The minimum absolute atomic E-state index is 0.0930. The van der Waals surface area contributed by atoms with Gasteiger partial charge in [-0.2, -0.15) is 4.98 Å². The summed E-state index contributed by atoms with van der Waals surface area (Å²) < 4.78 is 20.8. The van der Waals surface area contributed by atoms with Gasteiger partial charge in [0, 0.05) is 23.3 Å². The van der Waals surface area contributed by atoms with Gasteiger partial charge in [-0.1, -0.05) is 28.9 Å². The molecule has 0 radical (unpaired) electrons. The first kappa shape index (κ1) is 20.3. The van der Waals surface area contributed by atoms with E-state index in [1.54, 1.807) is 47.2 Å². The first-order chi connectivity index (χ1) is 14.5. The highest BCUT2D eigenvalue weighted by molar-refractivity contribution is 9.10. The van der Waals surface area contributed by atoms with E-state index in [2.05, 4.69) is 31.4 Å². The molecule has 0 spiro atoms. The molecule has 152 valence electrons. The van der Waals surface area contributed by atoms with E-state index in [4.69, 9.17) is 16.1 Å². The van der Waals surface area contributed by atoms with Gasteiger partial charge in [0.25, 0.3) is 5.89 Å². The average Bonchev–Trinajstić information content (AvgIpc) is 3.39. The molecule has 0 aliphatic heterocycles. The maximum Gasteiger partial charge on any atom is 0.274 e. The van der Waals surface area contributed by atoms with Crippen molar-refractivity contribution >= 4 is 33.4 Å². The Bertz CT molecular complexity index is 1190. The van der Waals surface area contributed by atoms with E-state index in [1.807, 2.05) is 12.1 Å². The van der Waals surface area contributed by atoms with E-state index < -0.39 is 0 Å². The van der Waals surface area contributed by atoms with Gasteiger partial charge in [0.2, 0.25) is 11.7 Å². The predicted octanol–water partition coefficient (Wildman–Crippen LogP) is 5.08. The molecule has 2 aromatic heterocycles. The van der Waals surface area contributed by atoms with Crippen molar-refractivity contribution in [3.05, 3.63) is 81.7 Å². The van der Waals surface area contributed by atoms with Crippen LogP contribution >= 0.6 is 27.5 Å². The number of benzene rings is 2. The molecule has 2 heterocycles. The van der Waals surface area contributed by atoms with E-state index in [0.29, 0.717) is 33.1 Å². The van der Waals surface area contributed by atoms with Crippen LogP contribution in [0, 0.1) is 5.82 Å². The van der Waals surface area contributed by atoms with Gasteiger partial charge in [-0.05, 0) is 64.0 Å². The molecule has 0 saturated carbocycles. The molecule has 6 nitrogen and oxygen atoms in total. The maximum absolute atomic E-state index is 13.4. The monoisotopic (exact) mass is 488 g/mol. The molecular formula is C21H15BrClFN4O2. The van der Waals surface area contributed by atoms with Crippen molar-refractivity contribution in [3.8, 4) is 23.0 Å². The van der Waals surface area contributed by atoms with Crippen molar-refractivity contribution < 1.29 is 13.7 Å². The van der Waals surface area contributed by atoms with Gasteiger partial charge >= 0.3 is 0 Å². The number of rotatable bonds is 6. The van der Waals surface area contributed by atoms with Crippen LogP contribution < -0.4 is 5.32 Å². The summed E-state index contributed by atoms with van der Waals surface area (Å²) in [4.78, 5) is 16.7. The Morgan fingerprint density at radius 1 is 1.20 bits per heavy atom. The molecule has 4 rings (SSSR count). The number of amides is 1. The fraction of sp³-hybridized carbons (Fsp3) is 0.0952. The number of carbonyl (C=O) groups excluding carboxylic acids is 1. The fourth-order valence-electron chi connectivity index (χ4n) is 2.84. The van der Waals surface area contributed by atoms with E-state index in [1.165, 1.54) is 6.07 Å². The SMILES string of the molecule is O=C(Cn1cccc1-c1nc(-c2ccc(F)c(Br)c2)no1)NCc1ccc(Cl)cc1. The number of nitrogens with one attached hydrogen (secondary N) is 1. The van der Waals surface area contributed by atoms with E-state index in [0.717, 1.165) is 5.56 Å². The van der Waals surface area contributed by atoms with Gasteiger partial charge in [0.1, 0.15) is 18.1 Å². The maximum atomic E-state index is 13.4. The van der Waals surface area contributed by atoms with E-state index in [9.17, 15) is 9.18 Å². The zero-order chi connectivity index (χ0) is 21.1. The number of nitrogens with zero attached hydrogens (tertiary/aromatic N) is 3. The number of hydrogen-bond donors (Lipinski definition) is 1. The van der Waals surface area contributed by atoms with Crippen molar-refractivity contribution in [1.82, 2.24) is 20.0 Å². The van der Waals surface area contributed by atoms with Gasteiger partial charge < -0.3 is 14.4 Å². The summed E-state index contributed by atoms with van der Waals surface area (Å²) in [5.74, 6) is 0.0529. The van der Waals surface area contributed by atoms with Crippen molar-refractivity contribution in [2.24, 2.45) is 0 Å². The highest BCUT2D eigenvalue weighted by Crippen LogP contribution is 2.26. The van der Waals surface area contributed by atoms with Crippen LogP contribution in [0.3, 0.4) is 0 Å². The quantitative estimate of drug-likeness (QED) is 0.410. The highest BCUT2D eigenvalue weighted by atomic mass is 79.9. The molecule has 4 aromatic rings. The second kappa shape index (κ2) is 8.81. The molecule has 0 unspecified atom stereocenters. The lowest BCUT2D eigenvalue weighted by atomic mass is 10.2. The summed E-state index contributed by atoms with van der Waals surface area (Å²) in [6.07, 6.45) is 1.76. The number of carbonyl (C=O) groups is 1. The lowest BCUT2D eigenvalue weighted by molar-refractivity contribution is -0.121.